The zero-order valence-corrected chi connectivity index (χ0v) is 13.5. The van der Waals surface area contributed by atoms with Crippen LogP contribution < -0.4 is 5.32 Å². The number of hydrogen-bond donors (Lipinski definition) is 1. The number of rotatable bonds is 8. The molecule has 1 aromatic rings. The van der Waals surface area contributed by atoms with Crippen LogP contribution in [0.15, 0.2) is 18.2 Å². The minimum atomic E-state index is 0.661. The molecule has 2 atom stereocenters. The van der Waals surface area contributed by atoms with Crippen LogP contribution in [0.3, 0.4) is 0 Å². The van der Waals surface area contributed by atoms with Crippen LogP contribution in [-0.4, -0.2) is 13.1 Å². The molecule has 112 valence electrons. The first-order valence-corrected chi connectivity index (χ1v) is 8.50. The molecule has 1 N–H and O–H groups in total. The third-order valence-electron chi connectivity index (χ3n) is 4.82. The van der Waals surface area contributed by atoms with Gasteiger partial charge in [0.25, 0.3) is 0 Å². The molecule has 0 aliphatic heterocycles. The molecule has 1 heteroatoms. The van der Waals surface area contributed by atoms with Crippen molar-refractivity contribution in [2.75, 3.05) is 7.05 Å². The predicted molar refractivity (Wildman–Crippen MR) is 88.3 cm³/mol. The lowest BCUT2D eigenvalue weighted by atomic mass is 9.95. The summed E-state index contributed by atoms with van der Waals surface area (Å²) in [5.41, 5.74) is 4.69. The molecule has 0 bridgehead atoms. The van der Waals surface area contributed by atoms with Gasteiger partial charge in [-0.25, -0.2) is 0 Å². The molecular formula is C19H31N. The first kappa shape index (κ1) is 15.6. The summed E-state index contributed by atoms with van der Waals surface area (Å²) in [7, 11) is 2.08. The Bertz CT molecular complexity index is 410. The Hall–Kier alpha value is -0.820. The number of aryl methyl sites for hydroxylation is 1. The first-order valence-electron chi connectivity index (χ1n) is 8.50. The summed E-state index contributed by atoms with van der Waals surface area (Å²) in [5, 5.41) is 3.41. The summed E-state index contributed by atoms with van der Waals surface area (Å²) in [5.74, 6) is 0.901. The molecule has 0 heterocycles. The van der Waals surface area contributed by atoms with Crippen LogP contribution in [0, 0.1) is 5.92 Å². The Labute approximate surface area is 125 Å². The van der Waals surface area contributed by atoms with Crippen molar-refractivity contribution in [1.29, 1.82) is 0 Å². The second-order valence-corrected chi connectivity index (χ2v) is 6.64. The molecule has 2 rings (SSSR count). The highest BCUT2D eigenvalue weighted by molar-refractivity contribution is 5.37. The summed E-state index contributed by atoms with van der Waals surface area (Å²) in [6, 6.07) is 7.84. The van der Waals surface area contributed by atoms with Gasteiger partial charge in [-0.1, -0.05) is 57.7 Å². The van der Waals surface area contributed by atoms with Crippen molar-refractivity contribution in [1.82, 2.24) is 5.32 Å². The van der Waals surface area contributed by atoms with Crippen LogP contribution in [0.5, 0.6) is 0 Å². The lowest BCUT2D eigenvalue weighted by molar-refractivity contribution is 0.457. The third-order valence-corrected chi connectivity index (χ3v) is 4.82. The standard InChI is InChI=1S/C19H31N/c1-4-5-7-15(2)8-6-9-16-10-11-17-13-19(20-3)14-18(17)12-16/h10-12,15,19-20H,4-9,13-14H2,1-3H3. The van der Waals surface area contributed by atoms with Crippen molar-refractivity contribution in [2.24, 2.45) is 5.92 Å². The molecule has 1 aliphatic carbocycles. The van der Waals surface area contributed by atoms with Crippen LogP contribution in [-0.2, 0) is 19.3 Å². The molecule has 0 radical (unpaired) electrons. The van der Waals surface area contributed by atoms with Crippen molar-refractivity contribution in [2.45, 2.75) is 71.3 Å². The summed E-state index contributed by atoms with van der Waals surface area (Å²) in [6.07, 6.45) is 10.5. The average molecular weight is 273 g/mol. The Kier molecular flexibility index (Phi) is 6.09. The zero-order chi connectivity index (χ0) is 14.4. The molecule has 20 heavy (non-hydrogen) atoms. The van der Waals surface area contributed by atoms with E-state index >= 15 is 0 Å². The van der Waals surface area contributed by atoms with Crippen molar-refractivity contribution in [3.05, 3.63) is 34.9 Å². The van der Waals surface area contributed by atoms with Gasteiger partial charge in [0, 0.05) is 6.04 Å². The molecule has 0 saturated carbocycles. The van der Waals surface area contributed by atoms with E-state index in [2.05, 4.69) is 44.4 Å². The maximum atomic E-state index is 3.41. The average Bonchev–Trinajstić information content (AvgIpc) is 2.87. The third kappa shape index (κ3) is 4.34. The smallest absolute Gasteiger partial charge is 0.0145 e. The fourth-order valence-electron chi connectivity index (χ4n) is 3.38. The maximum Gasteiger partial charge on any atom is 0.0145 e. The van der Waals surface area contributed by atoms with E-state index in [0.29, 0.717) is 6.04 Å². The van der Waals surface area contributed by atoms with Crippen molar-refractivity contribution in [3.63, 3.8) is 0 Å². The Morgan fingerprint density at radius 3 is 2.65 bits per heavy atom. The highest BCUT2D eigenvalue weighted by Gasteiger charge is 2.19. The first-order chi connectivity index (χ1) is 9.72. The van der Waals surface area contributed by atoms with E-state index in [1.807, 2.05) is 0 Å². The number of unbranched alkanes of at least 4 members (excludes halogenated alkanes) is 1. The zero-order valence-electron chi connectivity index (χ0n) is 13.5. The summed E-state index contributed by atoms with van der Waals surface area (Å²) < 4.78 is 0. The summed E-state index contributed by atoms with van der Waals surface area (Å²) >= 11 is 0. The van der Waals surface area contributed by atoms with Crippen molar-refractivity contribution in [3.8, 4) is 0 Å². The van der Waals surface area contributed by atoms with Gasteiger partial charge in [-0.15, -0.1) is 0 Å². The van der Waals surface area contributed by atoms with Crippen molar-refractivity contribution >= 4 is 0 Å². The number of likely N-dealkylation sites (N-methyl/N-ethyl adjacent to an activating group) is 1. The lowest BCUT2D eigenvalue weighted by Gasteiger charge is -2.10. The van der Waals surface area contributed by atoms with E-state index < -0.39 is 0 Å². The molecule has 0 fully saturated rings. The van der Waals surface area contributed by atoms with Crippen LogP contribution in [0.2, 0.25) is 0 Å². The largest absolute Gasteiger partial charge is 0.316 e. The van der Waals surface area contributed by atoms with Gasteiger partial charge in [0.1, 0.15) is 0 Å². The van der Waals surface area contributed by atoms with Gasteiger partial charge in [0.2, 0.25) is 0 Å². The molecule has 2 unspecified atom stereocenters. The van der Waals surface area contributed by atoms with E-state index in [4.69, 9.17) is 0 Å². The minimum Gasteiger partial charge on any atom is -0.316 e. The molecule has 0 saturated heterocycles. The van der Waals surface area contributed by atoms with Gasteiger partial charge >= 0.3 is 0 Å². The van der Waals surface area contributed by atoms with Crippen LogP contribution in [0.4, 0.5) is 0 Å². The minimum absolute atomic E-state index is 0.661. The molecule has 0 aromatic heterocycles. The van der Waals surface area contributed by atoms with Gasteiger partial charge in [0.05, 0.1) is 0 Å². The second kappa shape index (κ2) is 7.83. The molecule has 1 aliphatic rings. The number of fused-ring (bicyclic) bond motifs is 1. The molecule has 0 amide bonds. The lowest BCUT2D eigenvalue weighted by Crippen LogP contribution is -2.24. The maximum absolute atomic E-state index is 3.41. The SMILES string of the molecule is CCCCC(C)CCCc1ccc2c(c1)CC(NC)C2. The quantitative estimate of drug-likeness (QED) is 0.734. The monoisotopic (exact) mass is 273 g/mol. The van der Waals surface area contributed by atoms with Gasteiger partial charge in [-0.2, -0.15) is 0 Å². The van der Waals surface area contributed by atoms with Gasteiger partial charge in [0.15, 0.2) is 0 Å². The van der Waals surface area contributed by atoms with Gasteiger partial charge in [-0.05, 0) is 55.3 Å². The van der Waals surface area contributed by atoms with Crippen molar-refractivity contribution < 1.29 is 0 Å². The fraction of sp³-hybridized carbons (Fsp3) is 0.684. The Morgan fingerprint density at radius 2 is 1.90 bits per heavy atom. The molecule has 1 aromatic carbocycles. The van der Waals surface area contributed by atoms with Crippen LogP contribution >= 0.6 is 0 Å². The van der Waals surface area contributed by atoms with E-state index in [1.165, 1.54) is 51.4 Å². The van der Waals surface area contributed by atoms with E-state index in [-0.39, 0.29) is 0 Å². The fourth-order valence-corrected chi connectivity index (χ4v) is 3.38. The Morgan fingerprint density at radius 1 is 1.15 bits per heavy atom. The number of nitrogens with one attached hydrogen (secondary N) is 1. The molecule has 0 spiro atoms. The number of hydrogen-bond acceptors (Lipinski definition) is 1. The van der Waals surface area contributed by atoms with Gasteiger partial charge < -0.3 is 5.32 Å². The highest BCUT2D eigenvalue weighted by atomic mass is 14.9. The molecular weight excluding hydrogens is 242 g/mol. The second-order valence-electron chi connectivity index (χ2n) is 6.64. The van der Waals surface area contributed by atoms with Crippen LogP contribution in [0.1, 0.15) is 62.6 Å². The van der Waals surface area contributed by atoms with E-state index in [9.17, 15) is 0 Å². The summed E-state index contributed by atoms with van der Waals surface area (Å²) in [4.78, 5) is 0. The predicted octanol–water partition coefficient (Wildman–Crippen LogP) is 4.52. The van der Waals surface area contributed by atoms with E-state index in [0.717, 1.165) is 5.92 Å². The summed E-state index contributed by atoms with van der Waals surface area (Å²) in [6.45, 7) is 4.70. The molecule has 1 nitrogen and oxygen atoms in total. The normalized spacial score (nSPS) is 19.1. The topological polar surface area (TPSA) is 12.0 Å². The van der Waals surface area contributed by atoms with E-state index in [1.54, 1.807) is 16.7 Å². The Balaban J connectivity index is 1.77. The van der Waals surface area contributed by atoms with Crippen LogP contribution in [0.25, 0.3) is 0 Å². The van der Waals surface area contributed by atoms with Gasteiger partial charge in [-0.3, -0.25) is 0 Å². The number of benzene rings is 1. The highest BCUT2D eigenvalue weighted by Crippen LogP contribution is 2.24.